The van der Waals surface area contributed by atoms with Gasteiger partial charge in [0, 0.05) is 9.79 Å². The standard InChI is InChI=1S/C22H17N3OS2/c1-24-16-9-3-2-8-15(16)23-22(24)27-14-21(26)25-17-10-4-6-12-19(17)28-20-13-7-5-11-18(20)25/h2-13H,14H2,1H3/p+1. The summed E-state index contributed by atoms with van der Waals surface area (Å²) in [6, 6.07) is 24.3. The highest BCUT2D eigenvalue weighted by Crippen LogP contribution is 2.48. The predicted octanol–water partition coefficient (Wildman–Crippen LogP) is 4.91. The van der Waals surface area contributed by atoms with Crippen molar-refractivity contribution in [2.24, 2.45) is 7.05 Å². The molecule has 28 heavy (non-hydrogen) atoms. The van der Waals surface area contributed by atoms with E-state index in [1.165, 1.54) is 11.8 Å². The van der Waals surface area contributed by atoms with E-state index in [1.54, 1.807) is 11.8 Å². The first-order valence-corrected chi connectivity index (χ1v) is 10.8. The number of amides is 1. The monoisotopic (exact) mass is 404 g/mol. The van der Waals surface area contributed by atoms with Crippen LogP contribution in [0.2, 0.25) is 0 Å². The number of hydrogen-bond donors (Lipinski definition) is 1. The zero-order chi connectivity index (χ0) is 19.1. The lowest BCUT2D eigenvalue weighted by Gasteiger charge is -2.30. The van der Waals surface area contributed by atoms with Crippen LogP contribution in [-0.4, -0.2) is 16.6 Å². The van der Waals surface area contributed by atoms with E-state index < -0.39 is 0 Å². The third-order valence-corrected chi connectivity index (χ3v) is 7.00. The summed E-state index contributed by atoms with van der Waals surface area (Å²) < 4.78 is 2.10. The van der Waals surface area contributed by atoms with Crippen molar-refractivity contribution in [3.63, 3.8) is 0 Å². The molecular formula is C22H18N3OS2+. The van der Waals surface area contributed by atoms with Crippen LogP contribution in [0.3, 0.4) is 0 Å². The molecule has 0 aliphatic carbocycles. The maximum absolute atomic E-state index is 13.3. The molecule has 0 atom stereocenters. The van der Waals surface area contributed by atoms with Gasteiger partial charge in [0.15, 0.2) is 11.0 Å². The maximum Gasteiger partial charge on any atom is 0.317 e. The van der Waals surface area contributed by atoms with E-state index in [1.807, 2.05) is 60.5 Å². The number of rotatable bonds is 3. The van der Waals surface area contributed by atoms with Gasteiger partial charge in [0.2, 0.25) is 5.91 Å². The number of benzene rings is 3. The van der Waals surface area contributed by atoms with Gasteiger partial charge in [0.05, 0.1) is 24.2 Å². The Balaban J connectivity index is 1.46. The fraction of sp³-hybridized carbons (Fsp3) is 0.0909. The Bertz CT molecular complexity index is 1160. The number of anilines is 2. The van der Waals surface area contributed by atoms with Gasteiger partial charge in [-0.1, -0.05) is 48.2 Å². The number of carbonyl (C=O) groups is 1. The van der Waals surface area contributed by atoms with Crippen molar-refractivity contribution in [3.05, 3.63) is 72.8 Å². The van der Waals surface area contributed by atoms with Crippen molar-refractivity contribution < 1.29 is 9.36 Å². The van der Waals surface area contributed by atoms with E-state index in [-0.39, 0.29) is 5.91 Å². The van der Waals surface area contributed by atoms with Crippen LogP contribution in [0.25, 0.3) is 11.0 Å². The van der Waals surface area contributed by atoms with Crippen LogP contribution in [0.1, 0.15) is 0 Å². The SMILES string of the molecule is C[n+]1c(SCC(=O)N2c3ccccc3Sc3ccccc32)[nH]c2ccccc21. The molecule has 0 spiro atoms. The molecular weight excluding hydrogens is 386 g/mol. The number of hydrogen-bond acceptors (Lipinski definition) is 3. The fourth-order valence-corrected chi connectivity index (χ4v) is 5.40. The van der Waals surface area contributed by atoms with Crippen molar-refractivity contribution in [3.8, 4) is 0 Å². The van der Waals surface area contributed by atoms with Gasteiger partial charge in [-0.2, -0.15) is 0 Å². The van der Waals surface area contributed by atoms with E-state index >= 15 is 0 Å². The Morgan fingerprint density at radius 2 is 1.57 bits per heavy atom. The second kappa shape index (κ2) is 7.04. The molecule has 0 bridgehead atoms. The summed E-state index contributed by atoms with van der Waals surface area (Å²) in [5, 5.41) is 0.975. The molecule has 4 aromatic rings. The molecule has 1 aliphatic rings. The van der Waals surface area contributed by atoms with E-state index in [4.69, 9.17) is 0 Å². The van der Waals surface area contributed by atoms with Crippen LogP contribution in [0.15, 0.2) is 87.7 Å². The second-order valence-corrected chi connectivity index (χ2v) is 8.61. The summed E-state index contributed by atoms with van der Waals surface area (Å²) in [5.41, 5.74) is 4.11. The number of nitrogens with one attached hydrogen (secondary N) is 1. The highest BCUT2D eigenvalue weighted by Gasteiger charge is 2.28. The van der Waals surface area contributed by atoms with Crippen molar-refractivity contribution >= 4 is 51.8 Å². The van der Waals surface area contributed by atoms with E-state index in [0.717, 1.165) is 37.4 Å². The molecule has 1 aliphatic heterocycles. The van der Waals surface area contributed by atoms with Crippen molar-refractivity contribution in [2.75, 3.05) is 10.7 Å². The van der Waals surface area contributed by atoms with Crippen molar-refractivity contribution in [1.29, 1.82) is 0 Å². The largest absolute Gasteiger partial charge is 0.317 e. The van der Waals surface area contributed by atoms with Gasteiger partial charge in [0.25, 0.3) is 0 Å². The number of fused-ring (bicyclic) bond motifs is 3. The van der Waals surface area contributed by atoms with Gasteiger partial charge in [-0.3, -0.25) is 9.69 Å². The number of aromatic nitrogens is 2. The van der Waals surface area contributed by atoms with Crippen LogP contribution in [0, 0.1) is 0 Å². The minimum atomic E-state index is 0.0730. The number of para-hydroxylation sites is 4. The normalized spacial score (nSPS) is 12.7. The van der Waals surface area contributed by atoms with Crippen LogP contribution in [0.4, 0.5) is 11.4 Å². The second-order valence-electron chi connectivity index (χ2n) is 6.56. The fourth-order valence-electron chi connectivity index (χ4n) is 3.48. The maximum atomic E-state index is 13.3. The van der Waals surface area contributed by atoms with Crippen LogP contribution < -0.4 is 9.47 Å². The minimum Gasteiger partial charge on any atom is -0.278 e. The molecule has 0 fully saturated rings. The Kier molecular flexibility index (Phi) is 4.37. The number of H-pyrrole nitrogens is 1. The number of carbonyl (C=O) groups excluding carboxylic acids is 1. The first-order chi connectivity index (χ1) is 13.7. The highest BCUT2D eigenvalue weighted by molar-refractivity contribution is 8.00. The summed E-state index contributed by atoms with van der Waals surface area (Å²) in [7, 11) is 2.02. The first-order valence-electron chi connectivity index (χ1n) is 9.01. The van der Waals surface area contributed by atoms with Crippen molar-refractivity contribution in [2.45, 2.75) is 14.9 Å². The number of thioether (sulfide) groups is 1. The molecule has 6 heteroatoms. The van der Waals surface area contributed by atoms with Gasteiger partial charge in [-0.05, 0) is 48.2 Å². The molecule has 138 valence electrons. The number of aryl methyl sites for hydroxylation is 1. The summed E-state index contributed by atoms with van der Waals surface area (Å²) >= 11 is 3.25. The molecule has 0 saturated heterocycles. The van der Waals surface area contributed by atoms with E-state index in [2.05, 4.69) is 33.8 Å². The smallest absolute Gasteiger partial charge is 0.278 e. The molecule has 1 N–H and O–H groups in total. The first kappa shape index (κ1) is 17.4. The Hall–Kier alpha value is -2.70. The van der Waals surface area contributed by atoms with Gasteiger partial charge in [0.1, 0.15) is 0 Å². The van der Waals surface area contributed by atoms with Gasteiger partial charge in [-0.25, -0.2) is 9.55 Å². The topological polar surface area (TPSA) is 40.0 Å². The van der Waals surface area contributed by atoms with Crippen LogP contribution in [-0.2, 0) is 11.8 Å². The third kappa shape index (κ3) is 2.89. The molecule has 0 saturated carbocycles. The average molecular weight is 405 g/mol. The molecule has 0 radical (unpaired) electrons. The zero-order valence-corrected chi connectivity index (χ0v) is 16.9. The van der Waals surface area contributed by atoms with Crippen LogP contribution in [0.5, 0.6) is 0 Å². The molecule has 5 rings (SSSR count). The third-order valence-electron chi connectivity index (χ3n) is 4.83. The lowest BCUT2D eigenvalue weighted by atomic mass is 10.2. The average Bonchev–Trinajstić information content (AvgIpc) is 3.06. The number of aromatic amines is 1. The molecule has 3 aromatic carbocycles. The quantitative estimate of drug-likeness (QED) is 0.389. The summed E-state index contributed by atoms with van der Waals surface area (Å²) in [6.45, 7) is 0. The molecule has 0 unspecified atom stereocenters. The number of nitrogens with zero attached hydrogens (tertiary/aromatic N) is 2. The zero-order valence-electron chi connectivity index (χ0n) is 15.3. The van der Waals surface area contributed by atoms with Crippen molar-refractivity contribution in [1.82, 2.24) is 4.98 Å². The lowest BCUT2D eigenvalue weighted by molar-refractivity contribution is -0.683. The highest BCUT2D eigenvalue weighted by atomic mass is 32.2. The van der Waals surface area contributed by atoms with Gasteiger partial charge >= 0.3 is 5.16 Å². The molecule has 1 aromatic heterocycles. The summed E-state index contributed by atoms with van der Waals surface area (Å²) in [5.74, 6) is 0.428. The summed E-state index contributed by atoms with van der Waals surface area (Å²) in [6.07, 6.45) is 0. The number of imidazole rings is 1. The lowest BCUT2D eigenvalue weighted by Crippen LogP contribution is -2.32. The Morgan fingerprint density at radius 3 is 2.25 bits per heavy atom. The predicted molar refractivity (Wildman–Crippen MR) is 114 cm³/mol. The van der Waals surface area contributed by atoms with Gasteiger partial charge in [-0.15, -0.1) is 0 Å². The van der Waals surface area contributed by atoms with E-state index in [0.29, 0.717) is 5.75 Å². The van der Waals surface area contributed by atoms with E-state index in [9.17, 15) is 4.79 Å². The Morgan fingerprint density at radius 1 is 0.964 bits per heavy atom. The van der Waals surface area contributed by atoms with Crippen LogP contribution >= 0.6 is 23.5 Å². The molecule has 4 nitrogen and oxygen atoms in total. The minimum absolute atomic E-state index is 0.0730. The van der Waals surface area contributed by atoms with Gasteiger partial charge < -0.3 is 0 Å². The Labute approximate surface area is 171 Å². The molecule has 1 amide bonds. The molecule has 2 heterocycles. The summed E-state index contributed by atoms with van der Waals surface area (Å²) in [4.78, 5) is 20.8.